The highest BCUT2D eigenvalue weighted by Gasteiger charge is 2.28. The zero-order chi connectivity index (χ0) is 19.8. The molecule has 2 heterocycles. The number of halogens is 1. The molecule has 0 unspecified atom stereocenters. The summed E-state index contributed by atoms with van der Waals surface area (Å²) in [5.41, 5.74) is 10.6. The van der Waals surface area contributed by atoms with Crippen molar-refractivity contribution < 1.29 is 9.90 Å². The van der Waals surface area contributed by atoms with Crippen LogP contribution in [0.2, 0.25) is 0 Å². The van der Waals surface area contributed by atoms with Gasteiger partial charge in [0, 0.05) is 17.9 Å². The lowest BCUT2D eigenvalue weighted by Crippen LogP contribution is -2.36. The van der Waals surface area contributed by atoms with E-state index < -0.39 is 0 Å². The highest BCUT2D eigenvalue weighted by molar-refractivity contribution is 6.07. The second kappa shape index (κ2) is 8.17. The van der Waals surface area contributed by atoms with Gasteiger partial charge in [0.05, 0.1) is 11.9 Å². The lowest BCUT2D eigenvalue weighted by atomic mass is 9.99. The van der Waals surface area contributed by atoms with Crippen LogP contribution in [0, 0.1) is 0 Å². The van der Waals surface area contributed by atoms with Crippen LogP contribution in [0.25, 0.3) is 5.69 Å². The van der Waals surface area contributed by atoms with E-state index in [-0.39, 0.29) is 29.8 Å². The summed E-state index contributed by atoms with van der Waals surface area (Å²) in [5.74, 6) is -0.0145. The van der Waals surface area contributed by atoms with Crippen molar-refractivity contribution in [3.63, 3.8) is 0 Å². The predicted octanol–water partition coefficient (Wildman–Crippen LogP) is 4.30. The Morgan fingerprint density at radius 2 is 1.90 bits per heavy atom. The third-order valence-electron chi connectivity index (χ3n) is 5.25. The summed E-state index contributed by atoms with van der Waals surface area (Å²) >= 11 is 0. The first kappa shape index (κ1) is 20.7. The first-order valence-electron chi connectivity index (χ1n) is 9.54. The summed E-state index contributed by atoms with van der Waals surface area (Å²) < 4.78 is 1.54. The zero-order valence-corrected chi connectivity index (χ0v) is 17.3. The maximum absolute atomic E-state index is 13.1. The third-order valence-corrected chi connectivity index (χ3v) is 5.25. The van der Waals surface area contributed by atoms with Gasteiger partial charge in [-0.3, -0.25) is 4.79 Å². The monoisotopic (exact) mass is 412 g/mol. The fourth-order valence-electron chi connectivity index (χ4n) is 3.65. The van der Waals surface area contributed by atoms with Crippen LogP contribution in [0.4, 0.5) is 11.4 Å². The summed E-state index contributed by atoms with van der Waals surface area (Å²) in [6, 6.07) is 13.5. The number of aromatic nitrogens is 2. The van der Waals surface area contributed by atoms with Gasteiger partial charge in [0.2, 0.25) is 0 Å². The summed E-state index contributed by atoms with van der Waals surface area (Å²) in [6.07, 6.45) is 3.14. The molecule has 3 aromatic rings. The van der Waals surface area contributed by atoms with E-state index in [1.165, 1.54) is 16.4 Å². The molecule has 0 saturated carbocycles. The van der Waals surface area contributed by atoms with Crippen LogP contribution in [0.5, 0.6) is 5.75 Å². The van der Waals surface area contributed by atoms with E-state index in [0.717, 1.165) is 29.8 Å². The molecule has 3 N–H and O–H groups in total. The first-order chi connectivity index (χ1) is 13.5. The number of hydrogen-bond acceptors (Lipinski definition) is 4. The summed E-state index contributed by atoms with van der Waals surface area (Å²) in [6.45, 7) is 4.84. The van der Waals surface area contributed by atoms with Crippen molar-refractivity contribution in [2.24, 2.45) is 0 Å². The third kappa shape index (κ3) is 3.80. The van der Waals surface area contributed by atoms with Gasteiger partial charge in [-0.1, -0.05) is 32.0 Å². The van der Waals surface area contributed by atoms with Gasteiger partial charge in [0.25, 0.3) is 5.91 Å². The van der Waals surface area contributed by atoms with E-state index in [2.05, 4.69) is 18.9 Å². The van der Waals surface area contributed by atoms with E-state index in [1.807, 2.05) is 42.5 Å². The predicted molar refractivity (Wildman–Crippen MR) is 117 cm³/mol. The molecular formula is C22H25ClN4O2. The Labute approximate surface area is 176 Å². The highest BCUT2D eigenvalue weighted by Crippen LogP contribution is 2.33. The molecule has 1 aromatic heterocycles. The van der Waals surface area contributed by atoms with Crippen LogP contribution in [-0.4, -0.2) is 27.3 Å². The van der Waals surface area contributed by atoms with Crippen LogP contribution < -0.4 is 10.6 Å². The lowest BCUT2D eigenvalue weighted by molar-refractivity contribution is 0.0977. The van der Waals surface area contributed by atoms with Crippen molar-refractivity contribution in [1.82, 2.24) is 9.78 Å². The number of amides is 1. The Morgan fingerprint density at radius 3 is 2.59 bits per heavy atom. The molecule has 1 amide bonds. The lowest BCUT2D eigenvalue weighted by Gasteiger charge is -2.29. The molecule has 0 spiro atoms. The Hall–Kier alpha value is -2.99. The Morgan fingerprint density at radius 1 is 1.17 bits per heavy atom. The fraction of sp³-hybridized carbons (Fsp3) is 0.273. The Kier molecular flexibility index (Phi) is 5.84. The van der Waals surface area contributed by atoms with Gasteiger partial charge in [-0.15, -0.1) is 12.4 Å². The standard InChI is InChI=1S/C22H24N4O2.ClH/c1-14(2)15-8-10-16(11-9-15)26-13-20(27)21(24-26)22(28)25-12-4-5-17-18(23)6-3-7-19(17)25;/h3,6-11,13-14,27H,4-5,12,23H2,1-2H3;1H. The first-order valence-corrected chi connectivity index (χ1v) is 9.54. The summed E-state index contributed by atoms with van der Waals surface area (Å²) in [5, 5.41) is 14.8. The number of rotatable bonds is 3. The van der Waals surface area contributed by atoms with E-state index in [1.54, 1.807) is 4.90 Å². The van der Waals surface area contributed by atoms with Gasteiger partial charge in [-0.2, -0.15) is 5.10 Å². The topological polar surface area (TPSA) is 84.4 Å². The quantitative estimate of drug-likeness (QED) is 0.628. The molecule has 29 heavy (non-hydrogen) atoms. The van der Waals surface area contributed by atoms with Crippen molar-refractivity contribution in [2.45, 2.75) is 32.6 Å². The molecule has 7 heteroatoms. The molecule has 0 atom stereocenters. The smallest absolute Gasteiger partial charge is 0.282 e. The number of carbonyl (C=O) groups excluding carboxylic acids is 1. The number of fused-ring (bicyclic) bond motifs is 1. The largest absolute Gasteiger partial charge is 0.504 e. The van der Waals surface area contributed by atoms with E-state index in [0.29, 0.717) is 18.2 Å². The SMILES string of the molecule is CC(C)c1ccc(-n2cc(O)c(C(=O)N3CCCc4c(N)cccc43)n2)cc1.Cl. The maximum atomic E-state index is 13.1. The van der Waals surface area contributed by atoms with E-state index in [4.69, 9.17) is 5.73 Å². The maximum Gasteiger partial charge on any atom is 0.282 e. The van der Waals surface area contributed by atoms with Crippen LogP contribution in [0.3, 0.4) is 0 Å². The Bertz CT molecular complexity index is 1030. The molecule has 1 aliphatic heterocycles. The molecule has 4 rings (SSSR count). The van der Waals surface area contributed by atoms with Crippen LogP contribution in [0.15, 0.2) is 48.7 Å². The second-order valence-corrected chi connectivity index (χ2v) is 7.46. The fourth-order valence-corrected chi connectivity index (χ4v) is 3.65. The number of nitrogens with two attached hydrogens (primary N) is 1. The number of hydrogen-bond donors (Lipinski definition) is 2. The zero-order valence-electron chi connectivity index (χ0n) is 16.5. The number of nitrogen functional groups attached to an aromatic ring is 1. The van der Waals surface area contributed by atoms with Crippen molar-refractivity contribution in [1.29, 1.82) is 0 Å². The molecule has 0 bridgehead atoms. The molecule has 2 aromatic carbocycles. The van der Waals surface area contributed by atoms with Crippen molar-refractivity contribution in [3.05, 3.63) is 65.5 Å². The number of nitrogens with zero attached hydrogens (tertiary/aromatic N) is 3. The summed E-state index contributed by atoms with van der Waals surface area (Å²) in [7, 11) is 0. The van der Waals surface area contributed by atoms with Gasteiger partial charge in [-0.05, 0) is 54.2 Å². The minimum Gasteiger partial charge on any atom is -0.504 e. The van der Waals surface area contributed by atoms with Crippen LogP contribution >= 0.6 is 12.4 Å². The van der Waals surface area contributed by atoms with Crippen LogP contribution in [0.1, 0.15) is 47.8 Å². The normalized spacial score (nSPS) is 13.1. The number of anilines is 2. The van der Waals surface area contributed by atoms with Gasteiger partial charge < -0.3 is 15.7 Å². The minimum atomic E-state index is -0.318. The Balaban J connectivity index is 0.00000240. The molecule has 0 saturated heterocycles. The van der Waals surface area contributed by atoms with Crippen molar-refractivity contribution in [2.75, 3.05) is 17.2 Å². The van der Waals surface area contributed by atoms with Gasteiger partial charge >= 0.3 is 0 Å². The van der Waals surface area contributed by atoms with Gasteiger partial charge in [-0.25, -0.2) is 4.68 Å². The van der Waals surface area contributed by atoms with E-state index in [9.17, 15) is 9.90 Å². The van der Waals surface area contributed by atoms with Crippen molar-refractivity contribution >= 4 is 29.7 Å². The van der Waals surface area contributed by atoms with Gasteiger partial charge in [0.1, 0.15) is 0 Å². The van der Waals surface area contributed by atoms with E-state index >= 15 is 0 Å². The molecule has 152 valence electrons. The van der Waals surface area contributed by atoms with Crippen LogP contribution in [-0.2, 0) is 6.42 Å². The van der Waals surface area contributed by atoms with Gasteiger partial charge in [0.15, 0.2) is 11.4 Å². The molecule has 6 nitrogen and oxygen atoms in total. The molecule has 0 radical (unpaired) electrons. The second-order valence-electron chi connectivity index (χ2n) is 7.46. The summed E-state index contributed by atoms with van der Waals surface area (Å²) in [4.78, 5) is 14.8. The number of aromatic hydroxyl groups is 1. The average molecular weight is 413 g/mol. The molecule has 0 fully saturated rings. The minimum absolute atomic E-state index is 0. The number of carbonyl (C=O) groups is 1. The molecular weight excluding hydrogens is 388 g/mol. The molecule has 1 aliphatic rings. The molecule has 0 aliphatic carbocycles. The van der Waals surface area contributed by atoms with Crippen molar-refractivity contribution in [3.8, 4) is 11.4 Å². The average Bonchev–Trinajstić information content (AvgIpc) is 3.09. The number of benzene rings is 2. The highest BCUT2D eigenvalue weighted by atomic mass is 35.5.